The number of benzene rings is 1. The summed E-state index contributed by atoms with van der Waals surface area (Å²) in [5.74, 6) is -0.197. The number of pyridine rings is 1. The van der Waals surface area contributed by atoms with Crippen molar-refractivity contribution >= 4 is 11.6 Å². The lowest BCUT2D eigenvalue weighted by Crippen LogP contribution is -3.00. The Morgan fingerprint density at radius 1 is 1.04 bits per heavy atom. The van der Waals surface area contributed by atoms with Crippen molar-refractivity contribution in [3.05, 3.63) is 70.0 Å². The summed E-state index contributed by atoms with van der Waals surface area (Å²) in [5, 5.41) is 10.6. The van der Waals surface area contributed by atoms with Gasteiger partial charge in [-0.3, -0.25) is 10.1 Å². The summed E-state index contributed by atoms with van der Waals surface area (Å²) in [6.45, 7) is 2.19. The molecule has 0 fully saturated rings. The number of aryl methyl sites for hydroxylation is 1. The number of hydrogen-bond acceptors (Lipinski definition) is 3. The number of unbranched alkanes of at least 4 members (excludes halogenated alkanes) is 3. The normalized spacial score (nSPS) is 10.0. The van der Waals surface area contributed by atoms with E-state index in [4.69, 9.17) is 0 Å². The molecular formula is C18H21ClN2O3. The Balaban J connectivity index is 0.00000288. The molecule has 1 aromatic carbocycles. The molecule has 0 spiro atoms. The van der Waals surface area contributed by atoms with Crippen molar-refractivity contribution in [1.29, 1.82) is 0 Å². The lowest BCUT2D eigenvalue weighted by Gasteiger charge is -2.00. The molecule has 1 aromatic heterocycles. The number of halogens is 1. The quantitative estimate of drug-likeness (QED) is 0.320. The van der Waals surface area contributed by atoms with Gasteiger partial charge in [0.05, 0.1) is 10.5 Å². The molecule has 0 saturated carbocycles. The number of hydrogen-bond donors (Lipinski definition) is 0. The molecule has 0 saturated heterocycles. The number of aromatic nitrogens is 1. The monoisotopic (exact) mass is 348 g/mol. The first-order chi connectivity index (χ1) is 11.1. The van der Waals surface area contributed by atoms with Gasteiger partial charge in [0.2, 0.25) is 0 Å². The van der Waals surface area contributed by atoms with Crippen LogP contribution in [0.5, 0.6) is 0 Å². The fourth-order valence-electron chi connectivity index (χ4n) is 2.39. The van der Waals surface area contributed by atoms with E-state index in [1.165, 1.54) is 53.7 Å². The Labute approximate surface area is 147 Å². The molecule has 0 amide bonds. The van der Waals surface area contributed by atoms with Crippen LogP contribution in [0.25, 0.3) is 0 Å². The van der Waals surface area contributed by atoms with Gasteiger partial charge in [0.1, 0.15) is 0 Å². The second-order valence-electron chi connectivity index (χ2n) is 5.53. The first-order valence-electron chi connectivity index (χ1n) is 7.91. The molecule has 128 valence electrons. The van der Waals surface area contributed by atoms with Gasteiger partial charge in [0.25, 0.3) is 5.69 Å². The van der Waals surface area contributed by atoms with Crippen LogP contribution in [0.15, 0.2) is 48.8 Å². The third-order valence-electron chi connectivity index (χ3n) is 3.78. The van der Waals surface area contributed by atoms with E-state index in [0.29, 0.717) is 5.56 Å². The van der Waals surface area contributed by atoms with E-state index in [1.807, 2.05) is 12.1 Å². The third kappa shape index (κ3) is 5.42. The van der Waals surface area contributed by atoms with E-state index in [-0.39, 0.29) is 24.0 Å². The van der Waals surface area contributed by atoms with Crippen molar-refractivity contribution in [2.24, 2.45) is 0 Å². The van der Waals surface area contributed by atoms with Gasteiger partial charge in [-0.05, 0) is 30.5 Å². The highest BCUT2D eigenvalue weighted by atomic mass is 35.5. The van der Waals surface area contributed by atoms with Crippen molar-refractivity contribution in [3.63, 3.8) is 0 Å². The lowest BCUT2D eigenvalue weighted by molar-refractivity contribution is -0.570. The highest BCUT2D eigenvalue weighted by Gasteiger charge is 2.18. The van der Waals surface area contributed by atoms with Crippen LogP contribution in [-0.4, -0.2) is 10.8 Å². The molecule has 0 N–H and O–H groups in total. The fraction of sp³-hybridized carbons (Fsp3) is 0.333. The third-order valence-corrected chi connectivity index (χ3v) is 3.78. The number of rotatable bonds is 7. The number of carbonyl (C=O) groups is 1. The minimum absolute atomic E-state index is 0. The summed E-state index contributed by atoms with van der Waals surface area (Å²) in [7, 11) is 0. The maximum Gasteiger partial charge on any atom is 0.424 e. The van der Waals surface area contributed by atoms with E-state index in [0.717, 1.165) is 12.8 Å². The summed E-state index contributed by atoms with van der Waals surface area (Å²) in [4.78, 5) is 22.5. The zero-order valence-corrected chi connectivity index (χ0v) is 14.4. The van der Waals surface area contributed by atoms with Crippen LogP contribution < -0.4 is 17.0 Å². The average Bonchev–Trinajstić information content (AvgIpc) is 2.59. The van der Waals surface area contributed by atoms with Crippen molar-refractivity contribution in [2.45, 2.75) is 39.0 Å². The Bertz CT molecular complexity index is 670. The first kappa shape index (κ1) is 19.8. The van der Waals surface area contributed by atoms with Gasteiger partial charge in [0.15, 0.2) is 12.4 Å². The van der Waals surface area contributed by atoms with E-state index in [1.54, 1.807) is 12.4 Å². The SMILES string of the molecule is CCCCCCc1cc[n+](C(=O)c2ccc([N+](=O)[O-])cc2)cc1.[Cl-]. The van der Waals surface area contributed by atoms with Gasteiger partial charge >= 0.3 is 5.91 Å². The number of non-ortho nitro benzene ring substituents is 1. The van der Waals surface area contributed by atoms with Crippen LogP contribution in [0.1, 0.15) is 48.5 Å². The predicted molar refractivity (Wildman–Crippen MR) is 87.3 cm³/mol. The minimum atomic E-state index is -0.477. The summed E-state index contributed by atoms with van der Waals surface area (Å²) in [6, 6.07) is 9.55. The second-order valence-corrected chi connectivity index (χ2v) is 5.53. The molecule has 2 aromatic rings. The predicted octanol–water partition coefficient (Wildman–Crippen LogP) is 0.698. The van der Waals surface area contributed by atoms with Gasteiger partial charge in [-0.15, -0.1) is 4.57 Å². The topological polar surface area (TPSA) is 64.1 Å². The van der Waals surface area contributed by atoms with E-state index in [9.17, 15) is 14.9 Å². The number of carbonyl (C=O) groups excluding carboxylic acids is 1. The molecular weight excluding hydrogens is 328 g/mol. The number of nitro benzene ring substituents is 1. The van der Waals surface area contributed by atoms with E-state index >= 15 is 0 Å². The smallest absolute Gasteiger partial charge is 0.424 e. The van der Waals surface area contributed by atoms with Gasteiger partial charge in [0, 0.05) is 24.3 Å². The van der Waals surface area contributed by atoms with Crippen LogP contribution in [0.2, 0.25) is 0 Å². The molecule has 0 aliphatic heterocycles. The van der Waals surface area contributed by atoms with Crippen LogP contribution in [0, 0.1) is 10.1 Å². The molecule has 0 aliphatic rings. The van der Waals surface area contributed by atoms with Gasteiger partial charge in [-0.25, -0.2) is 4.79 Å². The average molecular weight is 349 g/mol. The van der Waals surface area contributed by atoms with Gasteiger partial charge < -0.3 is 12.4 Å². The maximum absolute atomic E-state index is 12.3. The Kier molecular flexibility index (Phi) is 8.06. The van der Waals surface area contributed by atoms with Crippen LogP contribution in [0.4, 0.5) is 5.69 Å². The summed E-state index contributed by atoms with van der Waals surface area (Å²) in [5.41, 5.74) is 1.62. The fourth-order valence-corrected chi connectivity index (χ4v) is 2.39. The Morgan fingerprint density at radius 2 is 1.67 bits per heavy atom. The number of nitrogens with zero attached hydrogens (tertiary/aromatic N) is 2. The summed E-state index contributed by atoms with van der Waals surface area (Å²) in [6.07, 6.45) is 9.38. The lowest BCUT2D eigenvalue weighted by atomic mass is 10.1. The molecule has 1 heterocycles. The van der Waals surface area contributed by atoms with Crippen molar-refractivity contribution in [2.75, 3.05) is 0 Å². The standard InChI is InChI=1S/C18H21N2O3.ClH/c1-2-3-4-5-6-15-11-13-19(14-12-15)18(21)16-7-9-17(10-8-16)20(22)23;/h7-14H,2-6H2,1H3;1H/q+1;/p-1. The molecule has 24 heavy (non-hydrogen) atoms. The minimum Gasteiger partial charge on any atom is -1.00 e. The number of nitro groups is 1. The van der Waals surface area contributed by atoms with Gasteiger partial charge in [-0.2, -0.15) is 0 Å². The van der Waals surface area contributed by atoms with Gasteiger partial charge in [-0.1, -0.05) is 26.2 Å². The zero-order chi connectivity index (χ0) is 16.7. The van der Waals surface area contributed by atoms with E-state index in [2.05, 4.69) is 6.92 Å². The Hall–Kier alpha value is -2.27. The van der Waals surface area contributed by atoms with Crippen LogP contribution in [0.3, 0.4) is 0 Å². The van der Waals surface area contributed by atoms with Crippen molar-refractivity contribution < 1.29 is 26.7 Å². The molecule has 0 unspecified atom stereocenters. The highest BCUT2D eigenvalue weighted by molar-refractivity contribution is 5.87. The molecule has 0 bridgehead atoms. The van der Waals surface area contributed by atoms with Crippen LogP contribution in [-0.2, 0) is 6.42 Å². The summed E-state index contributed by atoms with van der Waals surface area (Å²) >= 11 is 0. The van der Waals surface area contributed by atoms with Crippen molar-refractivity contribution in [1.82, 2.24) is 0 Å². The Morgan fingerprint density at radius 3 is 2.21 bits per heavy atom. The molecule has 5 nitrogen and oxygen atoms in total. The van der Waals surface area contributed by atoms with E-state index < -0.39 is 4.92 Å². The first-order valence-corrected chi connectivity index (χ1v) is 7.91. The molecule has 6 heteroatoms. The highest BCUT2D eigenvalue weighted by Crippen LogP contribution is 2.12. The summed E-state index contributed by atoms with van der Waals surface area (Å²) < 4.78 is 1.50. The van der Waals surface area contributed by atoms with Crippen molar-refractivity contribution in [3.8, 4) is 0 Å². The maximum atomic E-state index is 12.3. The molecule has 0 radical (unpaired) electrons. The molecule has 0 atom stereocenters. The second kappa shape index (κ2) is 9.78. The zero-order valence-electron chi connectivity index (χ0n) is 13.7. The molecule has 2 rings (SSSR count). The largest absolute Gasteiger partial charge is 1.00 e. The van der Waals surface area contributed by atoms with Crippen LogP contribution >= 0.6 is 0 Å². The molecule has 0 aliphatic carbocycles.